The number of ether oxygens (including phenoxy) is 1. The lowest BCUT2D eigenvalue weighted by molar-refractivity contribution is 0.306. The van der Waals surface area contributed by atoms with Crippen LogP contribution in [-0.2, 0) is 16.6 Å². The van der Waals surface area contributed by atoms with E-state index >= 15 is 0 Å². The van der Waals surface area contributed by atoms with Gasteiger partial charge in [0.15, 0.2) is 0 Å². The first-order valence-electron chi connectivity index (χ1n) is 8.76. The zero-order chi connectivity index (χ0) is 19.7. The molecule has 0 amide bonds. The van der Waals surface area contributed by atoms with E-state index in [0.29, 0.717) is 16.4 Å². The standard InChI is InChI=1S/C21H20N2O3S2/c1-23(2)28(24,25)20-10-6-9-17-21(20)27-19-12-11-16(13-18(19)22-17)26-14-15-7-4-3-5-8-15/h3-13,22H,14H2,1-2H3. The van der Waals surface area contributed by atoms with Gasteiger partial charge in [0.1, 0.15) is 12.4 Å². The van der Waals surface area contributed by atoms with Crippen LogP contribution < -0.4 is 10.1 Å². The van der Waals surface area contributed by atoms with Gasteiger partial charge < -0.3 is 10.1 Å². The van der Waals surface area contributed by atoms with Crippen LogP contribution in [0.2, 0.25) is 0 Å². The van der Waals surface area contributed by atoms with Crippen LogP contribution in [0.15, 0.2) is 81.4 Å². The van der Waals surface area contributed by atoms with E-state index in [1.807, 2.05) is 54.6 Å². The fourth-order valence-electron chi connectivity index (χ4n) is 2.90. The van der Waals surface area contributed by atoms with Crippen molar-refractivity contribution >= 4 is 33.2 Å². The molecule has 0 saturated carbocycles. The Labute approximate surface area is 169 Å². The fourth-order valence-corrected chi connectivity index (χ4v) is 5.30. The number of rotatable bonds is 5. The molecule has 5 nitrogen and oxygen atoms in total. The summed E-state index contributed by atoms with van der Waals surface area (Å²) < 4.78 is 32.4. The van der Waals surface area contributed by atoms with Gasteiger partial charge in [0, 0.05) is 25.1 Å². The first-order chi connectivity index (χ1) is 13.4. The average Bonchev–Trinajstić information content (AvgIpc) is 2.70. The van der Waals surface area contributed by atoms with E-state index in [9.17, 15) is 8.42 Å². The predicted octanol–water partition coefficient (Wildman–Crippen LogP) is 4.72. The molecule has 3 aromatic rings. The van der Waals surface area contributed by atoms with E-state index in [1.165, 1.54) is 16.1 Å². The largest absolute Gasteiger partial charge is 0.489 e. The Hall–Kier alpha value is -2.48. The molecule has 0 atom stereocenters. The van der Waals surface area contributed by atoms with Crippen molar-refractivity contribution in [1.82, 2.24) is 4.31 Å². The van der Waals surface area contributed by atoms with Crippen molar-refractivity contribution in [2.45, 2.75) is 21.3 Å². The molecule has 28 heavy (non-hydrogen) atoms. The molecule has 0 aromatic heterocycles. The van der Waals surface area contributed by atoms with E-state index in [0.717, 1.165) is 27.6 Å². The molecule has 1 aliphatic heterocycles. The summed E-state index contributed by atoms with van der Waals surface area (Å²) in [5.41, 5.74) is 2.79. The molecule has 0 aliphatic carbocycles. The average molecular weight is 413 g/mol. The highest BCUT2D eigenvalue weighted by atomic mass is 32.2. The maximum atomic E-state index is 12.7. The molecule has 0 unspecified atom stereocenters. The minimum atomic E-state index is -3.52. The first-order valence-corrected chi connectivity index (χ1v) is 11.0. The number of hydrogen-bond acceptors (Lipinski definition) is 5. The van der Waals surface area contributed by atoms with Gasteiger partial charge in [0.25, 0.3) is 0 Å². The normalized spacial score (nSPS) is 12.8. The summed E-state index contributed by atoms with van der Waals surface area (Å²) in [5.74, 6) is 0.760. The topological polar surface area (TPSA) is 58.6 Å². The van der Waals surface area contributed by atoms with Gasteiger partial charge >= 0.3 is 0 Å². The Morgan fingerprint density at radius 3 is 2.50 bits per heavy atom. The Morgan fingerprint density at radius 1 is 0.964 bits per heavy atom. The van der Waals surface area contributed by atoms with Gasteiger partial charge in [0.05, 0.1) is 21.2 Å². The Bertz CT molecular complexity index is 1110. The number of anilines is 2. The van der Waals surface area contributed by atoms with Crippen molar-refractivity contribution in [2.24, 2.45) is 0 Å². The highest BCUT2D eigenvalue weighted by Crippen LogP contribution is 2.48. The van der Waals surface area contributed by atoms with Gasteiger partial charge in [-0.2, -0.15) is 0 Å². The monoisotopic (exact) mass is 412 g/mol. The van der Waals surface area contributed by atoms with Crippen LogP contribution >= 0.6 is 11.8 Å². The molecule has 0 bridgehead atoms. The third kappa shape index (κ3) is 3.61. The van der Waals surface area contributed by atoms with Crippen LogP contribution in [0.1, 0.15) is 5.56 Å². The van der Waals surface area contributed by atoms with Crippen molar-refractivity contribution in [2.75, 3.05) is 19.4 Å². The van der Waals surface area contributed by atoms with Crippen LogP contribution in [0.3, 0.4) is 0 Å². The minimum absolute atomic E-state index is 0.308. The summed E-state index contributed by atoms with van der Waals surface area (Å²) in [5, 5.41) is 3.35. The number of hydrogen-bond donors (Lipinski definition) is 1. The van der Waals surface area contributed by atoms with E-state index in [2.05, 4.69) is 5.32 Å². The molecule has 1 aliphatic rings. The molecule has 0 spiro atoms. The summed E-state index contributed by atoms with van der Waals surface area (Å²) in [7, 11) is -0.437. The second-order valence-electron chi connectivity index (χ2n) is 6.58. The molecular formula is C21H20N2O3S2. The molecule has 3 aromatic carbocycles. The highest BCUT2D eigenvalue weighted by molar-refractivity contribution is 8.00. The third-order valence-electron chi connectivity index (χ3n) is 4.42. The summed E-state index contributed by atoms with van der Waals surface area (Å²) in [6.07, 6.45) is 0. The number of fused-ring (bicyclic) bond motifs is 2. The van der Waals surface area contributed by atoms with E-state index in [4.69, 9.17) is 4.74 Å². The lowest BCUT2D eigenvalue weighted by atomic mass is 10.2. The van der Waals surface area contributed by atoms with Gasteiger partial charge in [-0.1, -0.05) is 48.2 Å². The first kappa shape index (κ1) is 18.9. The zero-order valence-corrected chi connectivity index (χ0v) is 17.2. The second kappa shape index (κ2) is 7.50. The van der Waals surface area contributed by atoms with Gasteiger partial charge in [0.2, 0.25) is 10.0 Å². The number of nitrogens with zero attached hydrogens (tertiary/aromatic N) is 1. The Morgan fingerprint density at radius 2 is 1.75 bits per heavy atom. The highest BCUT2D eigenvalue weighted by Gasteiger charge is 2.27. The van der Waals surface area contributed by atoms with Crippen LogP contribution in [0.5, 0.6) is 5.75 Å². The molecule has 7 heteroatoms. The van der Waals surface area contributed by atoms with Crippen LogP contribution in [-0.4, -0.2) is 26.8 Å². The summed E-state index contributed by atoms with van der Waals surface area (Å²) in [6.45, 7) is 0.495. The smallest absolute Gasteiger partial charge is 0.243 e. The zero-order valence-electron chi connectivity index (χ0n) is 15.5. The molecule has 4 rings (SSSR count). The maximum Gasteiger partial charge on any atom is 0.243 e. The van der Waals surface area contributed by atoms with Gasteiger partial charge in [-0.25, -0.2) is 12.7 Å². The second-order valence-corrected chi connectivity index (χ2v) is 9.75. The van der Waals surface area contributed by atoms with E-state index in [-0.39, 0.29) is 0 Å². The third-order valence-corrected chi connectivity index (χ3v) is 7.62. The molecule has 1 heterocycles. The Kier molecular flexibility index (Phi) is 5.05. The number of nitrogens with one attached hydrogen (secondary N) is 1. The van der Waals surface area contributed by atoms with E-state index < -0.39 is 10.0 Å². The van der Waals surface area contributed by atoms with Gasteiger partial charge in [-0.3, -0.25) is 0 Å². The molecule has 1 N–H and O–H groups in total. The lowest BCUT2D eigenvalue weighted by Gasteiger charge is -2.24. The molecular weight excluding hydrogens is 392 g/mol. The van der Waals surface area contributed by atoms with Crippen LogP contribution in [0, 0.1) is 0 Å². The number of benzene rings is 3. The maximum absolute atomic E-state index is 12.7. The van der Waals surface area contributed by atoms with E-state index in [1.54, 1.807) is 26.2 Å². The summed E-state index contributed by atoms with van der Waals surface area (Å²) in [4.78, 5) is 1.98. The number of sulfonamides is 1. The fraction of sp³-hybridized carbons (Fsp3) is 0.143. The Balaban J connectivity index is 1.60. The molecule has 0 radical (unpaired) electrons. The minimum Gasteiger partial charge on any atom is -0.489 e. The summed E-state index contributed by atoms with van der Waals surface area (Å²) in [6, 6.07) is 21.1. The SMILES string of the molecule is CN(C)S(=O)(=O)c1cccc2c1Sc1ccc(OCc3ccccc3)cc1N2. The predicted molar refractivity (Wildman–Crippen MR) is 112 cm³/mol. The quantitative estimate of drug-likeness (QED) is 0.514. The van der Waals surface area contributed by atoms with Crippen molar-refractivity contribution < 1.29 is 13.2 Å². The molecule has 0 fully saturated rings. The van der Waals surface area contributed by atoms with Crippen LogP contribution in [0.25, 0.3) is 0 Å². The van der Waals surface area contributed by atoms with Crippen molar-refractivity contribution in [3.63, 3.8) is 0 Å². The molecule has 0 saturated heterocycles. The molecule has 144 valence electrons. The van der Waals surface area contributed by atoms with Gasteiger partial charge in [-0.15, -0.1) is 0 Å². The van der Waals surface area contributed by atoms with Crippen molar-refractivity contribution in [1.29, 1.82) is 0 Å². The summed E-state index contributed by atoms with van der Waals surface area (Å²) >= 11 is 1.45. The van der Waals surface area contributed by atoms with Crippen molar-refractivity contribution in [3.05, 3.63) is 72.3 Å². The van der Waals surface area contributed by atoms with Gasteiger partial charge in [-0.05, 0) is 29.8 Å². The van der Waals surface area contributed by atoms with Crippen molar-refractivity contribution in [3.8, 4) is 5.75 Å². The lowest BCUT2D eigenvalue weighted by Crippen LogP contribution is -2.23. The van der Waals surface area contributed by atoms with Crippen LogP contribution in [0.4, 0.5) is 11.4 Å².